The zero-order valence-electron chi connectivity index (χ0n) is 14.0. The van der Waals surface area contributed by atoms with Gasteiger partial charge in [0.1, 0.15) is 0 Å². The number of benzene rings is 2. The molecule has 7 nitrogen and oxygen atoms in total. The summed E-state index contributed by atoms with van der Waals surface area (Å²) in [5, 5.41) is 8.70. The summed E-state index contributed by atoms with van der Waals surface area (Å²) in [4.78, 5) is 12.3. The van der Waals surface area contributed by atoms with Gasteiger partial charge in [-0.3, -0.25) is 9.52 Å². The average molecular weight is 424 g/mol. The van der Waals surface area contributed by atoms with Crippen LogP contribution in [0.3, 0.4) is 0 Å². The Hall–Kier alpha value is -2.36. The molecule has 3 aromatic rings. The quantitative estimate of drug-likeness (QED) is 0.456. The zero-order chi connectivity index (χ0) is 19.4. The van der Waals surface area contributed by atoms with E-state index >= 15 is 0 Å². The lowest BCUT2D eigenvalue weighted by molar-refractivity contribution is 0.102. The van der Waals surface area contributed by atoms with Gasteiger partial charge in [-0.15, -0.1) is 10.2 Å². The van der Waals surface area contributed by atoms with Gasteiger partial charge in [-0.2, -0.15) is 0 Å². The Morgan fingerprint density at radius 2 is 1.93 bits per heavy atom. The topological polar surface area (TPSA) is 102 Å². The number of halogens is 1. The molecule has 1 aromatic heterocycles. The van der Waals surface area contributed by atoms with Crippen molar-refractivity contribution in [2.45, 2.75) is 5.22 Å². The number of nitrogens with zero attached hydrogens (tertiary/aromatic N) is 2. The Labute approximate surface area is 165 Å². The molecule has 1 heterocycles. The molecule has 3 rings (SSSR count). The van der Waals surface area contributed by atoms with Crippen molar-refractivity contribution >= 4 is 44.9 Å². The van der Waals surface area contributed by atoms with Crippen LogP contribution in [0.5, 0.6) is 0 Å². The first-order chi connectivity index (χ1) is 12.8. The normalized spacial score (nSPS) is 11.3. The molecule has 0 unspecified atom stereocenters. The Morgan fingerprint density at radius 3 is 2.59 bits per heavy atom. The van der Waals surface area contributed by atoms with Crippen LogP contribution in [0.4, 0.5) is 5.69 Å². The third-order valence-electron chi connectivity index (χ3n) is 3.31. The van der Waals surface area contributed by atoms with Crippen molar-refractivity contribution in [1.82, 2.24) is 10.2 Å². The fourth-order valence-electron chi connectivity index (χ4n) is 2.16. The lowest BCUT2D eigenvalue weighted by Crippen LogP contribution is -2.10. The third-order valence-corrected chi connectivity index (χ3v) is 4.97. The van der Waals surface area contributed by atoms with Gasteiger partial charge >= 0.3 is 0 Å². The van der Waals surface area contributed by atoms with Crippen molar-refractivity contribution < 1.29 is 17.6 Å². The molecule has 0 spiro atoms. The number of hydrogen-bond acceptors (Lipinski definition) is 7. The van der Waals surface area contributed by atoms with Gasteiger partial charge in [0.2, 0.25) is 15.9 Å². The molecule has 0 aliphatic rings. The minimum atomic E-state index is -3.35. The number of Topliss-reactive ketones (excluding diaryl/α,β-unsaturated/α-hetero) is 1. The number of carbonyl (C=O) groups is 1. The second-order valence-electron chi connectivity index (χ2n) is 5.55. The summed E-state index contributed by atoms with van der Waals surface area (Å²) in [7, 11) is -3.35. The van der Waals surface area contributed by atoms with Crippen molar-refractivity contribution in [2.24, 2.45) is 0 Å². The highest BCUT2D eigenvalue weighted by Gasteiger charge is 2.13. The van der Waals surface area contributed by atoms with Gasteiger partial charge in [-0.1, -0.05) is 29.4 Å². The average Bonchev–Trinajstić information content (AvgIpc) is 3.08. The van der Waals surface area contributed by atoms with Gasteiger partial charge in [0.15, 0.2) is 5.78 Å². The van der Waals surface area contributed by atoms with E-state index in [-0.39, 0.29) is 16.8 Å². The fourth-order valence-corrected chi connectivity index (χ4v) is 3.57. The molecule has 0 aliphatic carbocycles. The molecule has 0 amide bonds. The smallest absolute Gasteiger partial charge is 0.277 e. The number of nitrogens with one attached hydrogen (secondary N) is 1. The number of rotatable bonds is 7. The van der Waals surface area contributed by atoms with Crippen LogP contribution in [0.2, 0.25) is 5.02 Å². The molecule has 2 aromatic carbocycles. The van der Waals surface area contributed by atoms with Gasteiger partial charge in [0, 0.05) is 21.8 Å². The number of thioether (sulfide) groups is 1. The Balaban J connectivity index is 1.61. The van der Waals surface area contributed by atoms with E-state index < -0.39 is 10.0 Å². The number of anilines is 1. The molecule has 0 saturated heterocycles. The van der Waals surface area contributed by atoms with Crippen molar-refractivity contribution in [3.05, 3.63) is 59.1 Å². The molecule has 10 heteroatoms. The maximum Gasteiger partial charge on any atom is 0.277 e. The van der Waals surface area contributed by atoms with Gasteiger partial charge in [0.25, 0.3) is 5.22 Å². The first kappa shape index (κ1) is 19.4. The molecule has 0 bridgehead atoms. The maximum absolute atomic E-state index is 12.3. The van der Waals surface area contributed by atoms with Crippen LogP contribution in [-0.4, -0.2) is 36.4 Å². The van der Waals surface area contributed by atoms with E-state index in [0.29, 0.717) is 27.7 Å². The van der Waals surface area contributed by atoms with Crippen LogP contribution in [-0.2, 0) is 10.0 Å². The first-order valence-corrected chi connectivity index (χ1v) is 10.9. The van der Waals surface area contributed by atoms with Crippen LogP contribution >= 0.6 is 23.4 Å². The lowest BCUT2D eigenvalue weighted by Gasteiger charge is -2.04. The Kier molecular flexibility index (Phi) is 5.83. The number of ketones is 1. The summed E-state index contributed by atoms with van der Waals surface area (Å²) in [5.74, 6) is 0.285. The van der Waals surface area contributed by atoms with E-state index in [0.717, 1.165) is 18.0 Å². The lowest BCUT2D eigenvalue weighted by atomic mass is 10.1. The molecule has 0 aliphatic heterocycles. The van der Waals surface area contributed by atoms with E-state index in [1.807, 2.05) is 0 Å². The molecule has 0 saturated carbocycles. The summed E-state index contributed by atoms with van der Waals surface area (Å²) in [5.41, 5.74) is 1.54. The number of aromatic nitrogens is 2. The minimum absolute atomic E-state index is 0.107. The fraction of sp³-hybridized carbons (Fsp3) is 0.118. The van der Waals surface area contributed by atoms with E-state index in [2.05, 4.69) is 14.9 Å². The number of hydrogen-bond donors (Lipinski definition) is 1. The van der Waals surface area contributed by atoms with Crippen LogP contribution in [0.25, 0.3) is 11.5 Å². The van der Waals surface area contributed by atoms with Gasteiger partial charge in [-0.25, -0.2) is 8.42 Å². The van der Waals surface area contributed by atoms with Gasteiger partial charge < -0.3 is 4.42 Å². The minimum Gasteiger partial charge on any atom is -0.411 e. The second-order valence-corrected chi connectivity index (χ2v) is 8.66. The highest BCUT2D eigenvalue weighted by Crippen LogP contribution is 2.25. The SMILES string of the molecule is CS(=O)(=O)Nc1ccc(C(=O)CSc2nnc(-c3cccc(Cl)c3)o2)cc1. The molecular weight excluding hydrogens is 410 g/mol. The largest absolute Gasteiger partial charge is 0.411 e. The Bertz CT molecular complexity index is 1070. The van der Waals surface area contributed by atoms with E-state index in [1.165, 1.54) is 12.1 Å². The predicted molar refractivity (Wildman–Crippen MR) is 105 cm³/mol. The summed E-state index contributed by atoms with van der Waals surface area (Å²) in [6, 6.07) is 13.2. The highest BCUT2D eigenvalue weighted by atomic mass is 35.5. The van der Waals surface area contributed by atoms with Gasteiger partial charge in [0.05, 0.1) is 12.0 Å². The summed E-state index contributed by atoms with van der Waals surface area (Å²) >= 11 is 7.06. The summed E-state index contributed by atoms with van der Waals surface area (Å²) < 4.78 is 30.3. The van der Waals surface area contributed by atoms with E-state index in [4.69, 9.17) is 16.0 Å². The standard InChI is InChI=1S/C17H14ClN3O4S2/c1-27(23,24)21-14-7-5-11(6-8-14)15(22)10-26-17-20-19-16(25-17)12-3-2-4-13(18)9-12/h2-9,21H,10H2,1H3. The van der Waals surface area contributed by atoms with Crippen LogP contribution in [0.1, 0.15) is 10.4 Å². The molecule has 140 valence electrons. The summed E-state index contributed by atoms with van der Waals surface area (Å²) in [6.45, 7) is 0. The molecule has 1 N–H and O–H groups in total. The number of carbonyl (C=O) groups excluding carboxylic acids is 1. The summed E-state index contributed by atoms with van der Waals surface area (Å²) in [6.07, 6.45) is 1.06. The van der Waals surface area contributed by atoms with Gasteiger partial charge in [-0.05, 0) is 42.5 Å². The monoisotopic (exact) mass is 423 g/mol. The molecule has 0 atom stereocenters. The number of sulfonamides is 1. The van der Waals surface area contributed by atoms with E-state index in [9.17, 15) is 13.2 Å². The van der Waals surface area contributed by atoms with Crippen molar-refractivity contribution in [3.8, 4) is 11.5 Å². The second kappa shape index (κ2) is 8.12. The van der Waals surface area contributed by atoms with Crippen LogP contribution in [0, 0.1) is 0 Å². The highest BCUT2D eigenvalue weighted by molar-refractivity contribution is 7.99. The van der Waals surface area contributed by atoms with Crippen molar-refractivity contribution in [2.75, 3.05) is 16.7 Å². The first-order valence-electron chi connectivity index (χ1n) is 7.63. The molecule has 27 heavy (non-hydrogen) atoms. The maximum atomic E-state index is 12.3. The predicted octanol–water partition coefficient (Wildman–Crippen LogP) is 3.74. The van der Waals surface area contributed by atoms with Crippen molar-refractivity contribution in [3.63, 3.8) is 0 Å². The zero-order valence-corrected chi connectivity index (χ0v) is 16.4. The molecular formula is C17H14ClN3O4S2. The van der Waals surface area contributed by atoms with E-state index in [1.54, 1.807) is 36.4 Å². The van der Waals surface area contributed by atoms with Crippen LogP contribution in [0.15, 0.2) is 58.2 Å². The Morgan fingerprint density at radius 1 is 1.19 bits per heavy atom. The molecule has 0 fully saturated rings. The van der Waals surface area contributed by atoms with Crippen LogP contribution < -0.4 is 4.72 Å². The van der Waals surface area contributed by atoms with Crippen molar-refractivity contribution in [1.29, 1.82) is 0 Å². The molecule has 0 radical (unpaired) electrons. The third kappa shape index (κ3) is 5.56.